The fourth-order valence-electron chi connectivity index (χ4n) is 6.52. The average Bonchev–Trinajstić information content (AvgIpc) is 3.60. The number of imidazole rings is 1. The van der Waals surface area contributed by atoms with E-state index < -0.39 is 18.0 Å². The Kier molecular flexibility index (Phi) is 17.2. The lowest BCUT2D eigenvalue weighted by atomic mass is 10.0. The molecule has 63 heavy (non-hydrogen) atoms. The highest BCUT2D eigenvalue weighted by Gasteiger charge is 2.23. The summed E-state index contributed by atoms with van der Waals surface area (Å²) >= 11 is 15.9. The molecule has 6 rings (SSSR count). The van der Waals surface area contributed by atoms with Gasteiger partial charge in [0.1, 0.15) is 29.4 Å². The normalized spacial score (nSPS) is 11.9. The van der Waals surface area contributed by atoms with Crippen LogP contribution >= 0.6 is 39.1 Å². The Hall–Kier alpha value is -5.89. The van der Waals surface area contributed by atoms with Crippen LogP contribution in [0.15, 0.2) is 114 Å². The van der Waals surface area contributed by atoms with E-state index in [1.54, 1.807) is 37.4 Å². The number of carbonyl (C=O) groups is 4. The van der Waals surface area contributed by atoms with Crippen LogP contribution in [0.2, 0.25) is 10.0 Å². The number of amides is 4. The Morgan fingerprint density at radius 1 is 0.651 bits per heavy atom. The summed E-state index contributed by atoms with van der Waals surface area (Å²) in [6.45, 7) is 7.59. The highest BCUT2D eigenvalue weighted by Crippen LogP contribution is 2.28. The first kappa shape index (κ1) is 48.1. The lowest BCUT2D eigenvalue weighted by Crippen LogP contribution is -2.47. The topological polar surface area (TPSA) is 153 Å². The quantitative estimate of drug-likeness (QED) is 0.0804. The van der Waals surface area contributed by atoms with Gasteiger partial charge >= 0.3 is 0 Å². The monoisotopic (exact) mass is 956 g/mol. The predicted octanol–water partition coefficient (Wildman–Crippen LogP) is 8.74. The van der Waals surface area contributed by atoms with Gasteiger partial charge in [0.25, 0.3) is 11.8 Å². The van der Waals surface area contributed by atoms with Crippen molar-refractivity contribution in [3.63, 3.8) is 0 Å². The number of ether oxygens (including phenoxy) is 2. The minimum atomic E-state index is -0.755. The van der Waals surface area contributed by atoms with Crippen molar-refractivity contribution in [3.05, 3.63) is 146 Å². The van der Waals surface area contributed by atoms with Gasteiger partial charge < -0.3 is 35.3 Å². The Balaban J connectivity index is 0.000000248. The minimum absolute atomic E-state index is 0.0225. The molecule has 0 radical (unpaired) electrons. The van der Waals surface area contributed by atoms with Crippen molar-refractivity contribution >= 4 is 73.8 Å². The second-order valence-corrected chi connectivity index (χ2v) is 16.8. The highest BCUT2D eigenvalue weighted by molar-refractivity contribution is 9.10. The van der Waals surface area contributed by atoms with Crippen LogP contribution in [-0.4, -0.2) is 71.6 Å². The van der Waals surface area contributed by atoms with Gasteiger partial charge in [-0.3, -0.25) is 19.2 Å². The SMILES string of the molecule is CNC(=O)C(Cc1ccc(-c2nc3ccccc3n2C)cc1)NC(=O)c1ccc(OC(C)C)c(Cl)c1.CNC(=O)C(Cc1ccc(Br)cc1)NC(=O)c1ccc(OC(C)C)c(Cl)c1. The molecule has 0 aliphatic heterocycles. The van der Waals surface area contributed by atoms with Gasteiger partial charge in [-0.15, -0.1) is 0 Å². The molecular weight excluding hydrogens is 907 g/mol. The van der Waals surface area contributed by atoms with E-state index in [9.17, 15) is 19.2 Å². The molecule has 0 spiro atoms. The van der Waals surface area contributed by atoms with E-state index in [1.807, 2.05) is 108 Å². The molecule has 0 saturated heterocycles. The molecule has 0 bridgehead atoms. The summed E-state index contributed by atoms with van der Waals surface area (Å²) in [6.07, 6.45) is 0.644. The summed E-state index contributed by atoms with van der Waals surface area (Å²) in [7, 11) is 5.08. The first-order chi connectivity index (χ1) is 30.1. The molecule has 0 aliphatic carbocycles. The predicted molar refractivity (Wildman–Crippen MR) is 253 cm³/mol. The zero-order chi connectivity index (χ0) is 45.8. The van der Waals surface area contributed by atoms with Gasteiger partial charge in [-0.05, 0) is 99.5 Å². The van der Waals surface area contributed by atoms with Crippen molar-refractivity contribution < 1.29 is 28.7 Å². The van der Waals surface area contributed by atoms with Gasteiger partial charge in [0, 0.05) is 55.1 Å². The van der Waals surface area contributed by atoms with E-state index in [2.05, 4.69) is 41.8 Å². The Morgan fingerprint density at radius 2 is 1.10 bits per heavy atom. The third kappa shape index (κ3) is 13.3. The molecule has 1 aromatic heterocycles. The molecule has 0 saturated carbocycles. The maximum absolute atomic E-state index is 12.9. The molecule has 330 valence electrons. The van der Waals surface area contributed by atoms with Crippen LogP contribution in [0.5, 0.6) is 11.5 Å². The van der Waals surface area contributed by atoms with Crippen LogP contribution < -0.4 is 30.7 Å². The van der Waals surface area contributed by atoms with Crippen LogP contribution in [0.25, 0.3) is 22.4 Å². The standard InChI is InChI=1S/C28H29ClN4O3.C20H22BrClN2O3/c1-17(2)36-25-14-13-20(16-21(25)29)27(34)32-23(28(35)30-3)15-18-9-11-19(12-10-18)26-31-22-7-5-6-8-24(22)33(26)4;1-12(2)27-18-9-6-14(11-16(18)22)19(25)24-17(20(26)23-3)10-13-4-7-15(21)8-5-13/h5-14,16-17,23H,15H2,1-4H3,(H,30,35)(H,32,34);4-9,11-12,17H,10H2,1-3H3,(H,23,26)(H,24,25). The number of likely N-dealkylation sites (N-methyl/N-ethyl adjacent to an activating group) is 2. The number of rotatable bonds is 15. The summed E-state index contributed by atoms with van der Waals surface area (Å²) in [4.78, 5) is 55.0. The number of nitrogens with zero attached hydrogens (tertiary/aromatic N) is 2. The summed E-state index contributed by atoms with van der Waals surface area (Å²) in [5.41, 5.74) is 5.52. The minimum Gasteiger partial charge on any atom is -0.489 e. The van der Waals surface area contributed by atoms with E-state index in [0.717, 1.165) is 38.0 Å². The number of carbonyl (C=O) groups excluding carboxylic acids is 4. The zero-order valence-electron chi connectivity index (χ0n) is 36.1. The summed E-state index contributed by atoms with van der Waals surface area (Å²) in [5, 5.41) is 11.5. The first-order valence-electron chi connectivity index (χ1n) is 20.3. The third-order valence-corrected chi connectivity index (χ3v) is 10.8. The van der Waals surface area contributed by atoms with Crippen LogP contribution in [0, 0.1) is 0 Å². The van der Waals surface area contributed by atoms with E-state index in [4.69, 9.17) is 37.7 Å². The van der Waals surface area contributed by atoms with Crippen LogP contribution in [0.4, 0.5) is 0 Å². The Bertz CT molecular complexity index is 2550. The fourth-order valence-corrected chi connectivity index (χ4v) is 7.23. The molecule has 2 atom stereocenters. The van der Waals surface area contributed by atoms with Crippen LogP contribution in [0.1, 0.15) is 59.5 Å². The second-order valence-electron chi connectivity index (χ2n) is 15.1. The number of benzene rings is 5. The maximum Gasteiger partial charge on any atom is 0.251 e. The Morgan fingerprint density at radius 3 is 1.51 bits per heavy atom. The number of halogens is 3. The van der Waals surface area contributed by atoms with Gasteiger partial charge in [0.15, 0.2) is 0 Å². The van der Waals surface area contributed by atoms with Crippen LogP contribution in [0.3, 0.4) is 0 Å². The zero-order valence-corrected chi connectivity index (χ0v) is 39.2. The number of hydrogen-bond donors (Lipinski definition) is 4. The van der Waals surface area contributed by atoms with Gasteiger partial charge in [-0.1, -0.05) is 87.7 Å². The molecule has 1 heterocycles. The molecule has 12 nitrogen and oxygen atoms in total. The molecule has 6 aromatic rings. The first-order valence-corrected chi connectivity index (χ1v) is 21.8. The van der Waals surface area contributed by atoms with E-state index in [0.29, 0.717) is 45.5 Å². The van der Waals surface area contributed by atoms with Gasteiger partial charge in [0.05, 0.1) is 33.3 Å². The number of fused-ring (bicyclic) bond motifs is 1. The molecule has 2 unspecified atom stereocenters. The fraction of sp³-hybridized carbons (Fsp3) is 0.271. The number of nitrogens with one attached hydrogen (secondary N) is 4. The summed E-state index contributed by atoms with van der Waals surface area (Å²) < 4.78 is 14.2. The van der Waals surface area contributed by atoms with Crippen molar-refractivity contribution in [1.29, 1.82) is 0 Å². The molecule has 0 fully saturated rings. The van der Waals surface area contributed by atoms with Crippen molar-refractivity contribution in [2.45, 2.75) is 64.8 Å². The summed E-state index contributed by atoms with van der Waals surface area (Å²) in [5.74, 6) is 0.566. The Labute approximate surface area is 386 Å². The maximum atomic E-state index is 12.9. The molecule has 15 heteroatoms. The van der Waals surface area contributed by atoms with E-state index >= 15 is 0 Å². The van der Waals surface area contributed by atoms with Gasteiger partial charge in [-0.25, -0.2) is 4.98 Å². The average molecular weight is 959 g/mol. The van der Waals surface area contributed by atoms with Crippen LogP contribution in [-0.2, 0) is 29.5 Å². The number of aryl methyl sites for hydroxylation is 1. The molecule has 4 N–H and O–H groups in total. The summed E-state index contributed by atoms with van der Waals surface area (Å²) in [6, 6.07) is 31.6. The number of aromatic nitrogens is 2. The van der Waals surface area contributed by atoms with E-state index in [1.165, 1.54) is 13.1 Å². The molecule has 0 aliphatic rings. The third-order valence-electron chi connectivity index (χ3n) is 9.64. The lowest BCUT2D eigenvalue weighted by molar-refractivity contribution is -0.123. The number of hydrogen-bond acceptors (Lipinski definition) is 7. The van der Waals surface area contributed by atoms with Crippen molar-refractivity contribution in [1.82, 2.24) is 30.8 Å². The van der Waals surface area contributed by atoms with Gasteiger partial charge in [-0.2, -0.15) is 0 Å². The molecule has 4 amide bonds. The second kappa shape index (κ2) is 22.5. The van der Waals surface area contributed by atoms with Gasteiger partial charge in [0.2, 0.25) is 11.8 Å². The molecular formula is C48H51BrCl2N6O6. The molecule has 5 aromatic carbocycles. The lowest BCUT2D eigenvalue weighted by Gasteiger charge is -2.18. The number of para-hydroxylation sites is 2. The van der Waals surface area contributed by atoms with Crippen molar-refractivity contribution in [2.24, 2.45) is 7.05 Å². The van der Waals surface area contributed by atoms with Crippen molar-refractivity contribution in [3.8, 4) is 22.9 Å². The van der Waals surface area contributed by atoms with Crippen molar-refractivity contribution in [2.75, 3.05) is 14.1 Å². The van der Waals surface area contributed by atoms with E-state index in [-0.39, 0.29) is 29.9 Å². The largest absolute Gasteiger partial charge is 0.489 e. The highest BCUT2D eigenvalue weighted by atomic mass is 79.9. The smallest absolute Gasteiger partial charge is 0.251 e.